The lowest BCUT2D eigenvalue weighted by molar-refractivity contribution is -0.130. The summed E-state index contributed by atoms with van der Waals surface area (Å²) < 4.78 is 13.6. The third-order valence-electron chi connectivity index (χ3n) is 3.27. The minimum atomic E-state index is -0.412. The molecule has 0 radical (unpaired) electrons. The van der Waals surface area contributed by atoms with Gasteiger partial charge in [0.15, 0.2) is 0 Å². The zero-order chi connectivity index (χ0) is 13.1. The Labute approximate surface area is 119 Å². The summed E-state index contributed by atoms with van der Waals surface area (Å²) in [5.41, 5.74) is 0.296. The Morgan fingerprint density at radius 3 is 3.00 bits per heavy atom. The summed E-state index contributed by atoms with van der Waals surface area (Å²) in [6.07, 6.45) is 2.05. The van der Waals surface area contributed by atoms with Crippen LogP contribution in [0.4, 0.5) is 4.39 Å². The highest BCUT2D eigenvalue weighted by atomic mass is 79.9. The molecule has 0 aromatic heterocycles. The number of nitrogens with zero attached hydrogens (tertiary/aromatic N) is 1. The van der Waals surface area contributed by atoms with E-state index in [1.165, 1.54) is 6.07 Å². The van der Waals surface area contributed by atoms with Crippen LogP contribution in [0.3, 0.4) is 0 Å². The highest BCUT2D eigenvalue weighted by Crippen LogP contribution is 2.23. The number of likely N-dealkylation sites (tertiary alicyclic amines) is 1. The third-order valence-corrected chi connectivity index (χ3v) is 4.37. The highest BCUT2D eigenvalue weighted by Gasteiger charge is 2.28. The Balaban J connectivity index is 2.12. The molecule has 2 rings (SSSR count). The van der Waals surface area contributed by atoms with Crippen molar-refractivity contribution in [3.63, 3.8) is 0 Å². The molecular formula is C13H14BrClFNO. The number of alkyl halides is 1. The maximum absolute atomic E-state index is 13.6. The lowest BCUT2D eigenvalue weighted by atomic mass is 10.1. The van der Waals surface area contributed by atoms with Crippen LogP contribution in [0.25, 0.3) is 0 Å². The van der Waals surface area contributed by atoms with Crippen molar-refractivity contribution in [3.8, 4) is 0 Å². The molecule has 1 heterocycles. The van der Waals surface area contributed by atoms with Crippen molar-refractivity contribution in [1.82, 2.24) is 4.90 Å². The average molecular weight is 335 g/mol. The second-order valence-electron chi connectivity index (χ2n) is 4.41. The number of rotatable bonds is 3. The largest absolute Gasteiger partial charge is 0.339 e. The van der Waals surface area contributed by atoms with Gasteiger partial charge in [-0.05, 0) is 25.0 Å². The van der Waals surface area contributed by atoms with E-state index in [0.29, 0.717) is 10.6 Å². The Morgan fingerprint density at radius 1 is 1.56 bits per heavy atom. The summed E-state index contributed by atoms with van der Waals surface area (Å²) in [6, 6.07) is 4.71. The van der Waals surface area contributed by atoms with Crippen molar-refractivity contribution in [2.24, 2.45) is 0 Å². The summed E-state index contributed by atoms with van der Waals surface area (Å²) in [5.74, 6) is -0.464. The Kier molecular flexibility index (Phi) is 4.62. The number of hydrogen-bond acceptors (Lipinski definition) is 1. The van der Waals surface area contributed by atoms with Crippen molar-refractivity contribution in [2.75, 3.05) is 11.9 Å². The van der Waals surface area contributed by atoms with Crippen molar-refractivity contribution in [1.29, 1.82) is 0 Å². The third kappa shape index (κ3) is 2.86. The van der Waals surface area contributed by atoms with Crippen molar-refractivity contribution < 1.29 is 9.18 Å². The van der Waals surface area contributed by atoms with Gasteiger partial charge in [-0.25, -0.2) is 4.39 Å². The highest BCUT2D eigenvalue weighted by molar-refractivity contribution is 9.09. The fourth-order valence-electron chi connectivity index (χ4n) is 2.28. The second-order valence-corrected chi connectivity index (χ2v) is 5.47. The Morgan fingerprint density at radius 2 is 2.33 bits per heavy atom. The van der Waals surface area contributed by atoms with Crippen molar-refractivity contribution in [3.05, 3.63) is 34.6 Å². The van der Waals surface area contributed by atoms with E-state index < -0.39 is 5.82 Å². The van der Waals surface area contributed by atoms with Gasteiger partial charge in [0.25, 0.3) is 0 Å². The molecule has 1 saturated heterocycles. The first-order chi connectivity index (χ1) is 8.63. The number of carbonyl (C=O) groups is 1. The van der Waals surface area contributed by atoms with E-state index >= 15 is 0 Å². The molecule has 0 saturated carbocycles. The van der Waals surface area contributed by atoms with Gasteiger partial charge < -0.3 is 4.90 Å². The summed E-state index contributed by atoms with van der Waals surface area (Å²) in [4.78, 5) is 14.0. The van der Waals surface area contributed by atoms with Gasteiger partial charge in [-0.15, -0.1) is 0 Å². The zero-order valence-corrected chi connectivity index (χ0v) is 12.2. The fraction of sp³-hybridized carbons (Fsp3) is 0.462. The topological polar surface area (TPSA) is 20.3 Å². The van der Waals surface area contributed by atoms with Crippen LogP contribution >= 0.6 is 27.5 Å². The molecule has 0 aliphatic carbocycles. The van der Waals surface area contributed by atoms with E-state index in [9.17, 15) is 9.18 Å². The summed E-state index contributed by atoms with van der Waals surface area (Å²) in [7, 11) is 0. The molecule has 0 spiro atoms. The lowest BCUT2D eigenvalue weighted by Gasteiger charge is -2.23. The van der Waals surface area contributed by atoms with Crippen LogP contribution in [0.15, 0.2) is 18.2 Å². The van der Waals surface area contributed by atoms with Gasteiger partial charge in [0.05, 0.1) is 6.42 Å². The van der Waals surface area contributed by atoms with Crippen LogP contribution in [-0.2, 0) is 11.2 Å². The standard InChI is InChI=1S/C13H14BrClFNO/c14-8-9-3-2-6-17(9)13(18)7-10-11(15)4-1-5-12(10)16/h1,4-5,9H,2-3,6-8H2. The van der Waals surface area contributed by atoms with Gasteiger partial charge in [-0.2, -0.15) is 0 Å². The van der Waals surface area contributed by atoms with Gasteiger partial charge >= 0.3 is 0 Å². The van der Waals surface area contributed by atoms with Crippen LogP contribution in [0.5, 0.6) is 0 Å². The lowest BCUT2D eigenvalue weighted by Crippen LogP contribution is -2.37. The quantitative estimate of drug-likeness (QED) is 0.776. The minimum Gasteiger partial charge on any atom is -0.339 e. The molecule has 1 aromatic rings. The molecule has 18 heavy (non-hydrogen) atoms. The van der Waals surface area contributed by atoms with Gasteiger partial charge in [-0.3, -0.25) is 4.79 Å². The van der Waals surface area contributed by atoms with Crippen LogP contribution in [0, 0.1) is 5.82 Å². The molecule has 1 fully saturated rings. The van der Waals surface area contributed by atoms with Gasteiger partial charge in [0.2, 0.25) is 5.91 Å². The van der Waals surface area contributed by atoms with Crippen LogP contribution in [0.1, 0.15) is 18.4 Å². The predicted octanol–water partition coefficient (Wildman–Crippen LogP) is 3.41. The second kappa shape index (κ2) is 6.02. The molecule has 1 aliphatic heterocycles. The summed E-state index contributed by atoms with van der Waals surface area (Å²) >= 11 is 9.34. The molecule has 2 nitrogen and oxygen atoms in total. The van der Waals surface area contributed by atoms with Crippen LogP contribution < -0.4 is 0 Å². The number of amides is 1. The maximum Gasteiger partial charge on any atom is 0.227 e. The monoisotopic (exact) mass is 333 g/mol. The SMILES string of the molecule is O=C(Cc1c(F)cccc1Cl)N1CCCC1CBr. The molecule has 0 N–H and O–H groups in total. The number of benzene rings is 1. The zero-order valence-electron chi connectivity index (χ0n) is 9.83. The molecule has 0 bridgehead atoms. The molecule has 1 atom stereocenters. The van der Waals surface area contributed by atoms with Gasteiger partial charge in [0, 0.05) is 28.5 Å². The maximum atomic E-state index is 13.6. The van der Waals surface area contributed by atoms with Crippen molar-refractivity contribution >= 4 is 33.4 Å². The normalized spacial score (nSPS) is 19.3. The van der Waals surface area contributed by atoms with Crippen molar-refractivity contribution in [2.45, 2.75) is 25.3 Å². The average Bonchev–Trinajstić information content (AvgIpc) is 2.82. The first-order valence-corrected chi connectivity index (χ1v) is 7.41. The first kappa shape index (κ1) is 13.8. The smallest absolute Gasteiger partial charge is 0.227 e. The van der Waals surface area contributed by atoms with Crippen LogP contribution in [0.2, 0.25) is 5.02 Å². The Hall–Kier alpha value is -0.610. The predicted molar refractivity (Wildman–Crippen MR) is 73.6 cm³/mol. The molecule has 5 heteroatoms. The molecule has 1 aromatic carbocycles. The van der Waals surface area contributed by atoms with E-state index in [-0.39, 0.29) is 18.4 Å². The number of hydrogen-bond donors (Lipinski definition) is 0. The Bertz CT molecular complexity index is 434. The van der Waals surface area contributed by atoms with Gasteiger partial charge in [0.1, 0.15) is 5.82 Å². The summed E-state index contributed by atoms with van der Waals surface area (Å²) in [5, 5.41) is 1.09. The van der Waals surface area contributed by atoms with E-state index in [4.69, 9.17) is 11.6 Å². The number of carbonyl (C=O) groups excluding carboxylic acids is 1. The summed E-state index contributed by atoms with van der Waals surface area (Å²) in [6.45, 7) is 0.751. The molecular weight excluding hydrogens is 321 g/mol. The van der Waals surface area contributed by atoms with E-state index in [2.05, 4.69) is 15.9 Å². The van der Waals surface area contributed by atoms with E-state index in [1.807, 2.05) is 4.90 Å². The van der Waals surface area contributed by atoms with Gasteiger partial charge in [-0.1, -0.05) is 33.6 Å². The number of halogens is 3. The molecule has 1 amide bonds. The molecule has 1 unspecified atom stereocenters. The van der Waals surface area contributed by atoms with E-state index in [0.717, 1.165) is 24.7 Å². The van der Waals surface area contributed by atoms with E-state index in [1.54, 1.807) is 12.1 Å². The van der Waals surface area contributed by atoms with Crippen LogP contribution in [-0.4, -0.2) is 28.7 Å². The minimum absolute atomic E-state index is 0.0367. The fourth-order valence-corrected chi connectivity index (χ4v) is 3.18. The molecule has 1 aliphatic rings. The first-order valence-electron chi connectivity index (χ1n) is 5.92. The molecule has 98 valence electrons.